The normalized spacial score (nSPS) is 27.9. The van der Waals surface area contributed by atoms with E-state index in [2.05, 4.69) is 21.3 Å². The average molecular weight is 530 g/mol. The molecule has 1 rings (SSSR count). The fourth-order valence-corrected chi connectivity index (χ4v) is 3.38. The van der Waals surface area contributed by atoms with Crippen LogP contribution in [-0.4, -0.2) is 89.1 Å². The summed E-state index contributed by atoms with van der Waals surface area (Å²) in [6, 6.07) is -5.67. The zero-order valence-corrected chi connectivity index (χ0v) is 21.4. The molecule has 0 saturated carbocycles. The predicted molar refractivity (Wildman–Crippen MR) is 125 cm³/mol. The Bertz CT molecular complexity index is 908. The summed E-state index contributed by atoms with van der Waals surface area (Å²) in [5, 5.41) is 19.1. The number of aliphatic hydroxyl groups excluding tert-OH is 1. The Hall–Kier alpha value is -3.75. The zero-order valence-electron chi connectivity index (χ0n) is 21.4. The highest BCUT2D eigenvalue weighted by atomic mass is 16.5. The van der Waals surface area contributed by atoms with Gasteiger partial charge >= 0.3 is 11.9 Å². The number of rotatable bonds is 5. The molecule has 0 bridgehead atoms. The molecule has 1 fully saturated rings. The summed E-state index contributed by atoms with van der Waals surface area (Å²) in [5.41, 5.74) is 5.33. The Balaban J connectivity index is 3.25. The van der Waals surface area contributed by atoms with E-state index in [9.17, 15) is 38.7 Å². The van der Waals surface area contributed by atoms with Crippen molar-refractivity contribution in [3.05, 3.63) is 0 Å². The summed E-state index contributed by atoms with van der Waals surface area (Å²) in [4.78, 5) is 86.1. The summed E-state index contributed by atoms with van der Waals surface area (Å²) in [5.74, 6) is -5.89. The van der Waals surface area contributed by atoms with Crippen LogP contribution >= 0.6 is 0 Å². The van der Waals surface area contributed by atoms with Crippen LogP contribution in [0.1, 0.15) is 53.9 Å². The van der Waals surface area contributed by atoms with E-state index in [1.165, 1.54) is 27.7 Å². The average Bonchev–Trinajstić information content (AvgIpc) is 2.77. The largest absolute Gasteiger partial charge is 0.460 e. The topological polar surface area (TPSA) is 232 Å². The van der Waals surface area contributed by atoms with E-state index in [4.69, 9.17) is 15.2 Å². The maximum absolute atomic E-state index is 13.0. The van der Waals surface area contributed by atoms with Crippen molar-refractivity contribution in [2.45, 2.75) is 96.4 Å². The molecule has 0 aliphatic carbocycles. The van der Waals surface area contributed by atoms with Crippen LogP contribution in [0.15, 0.2) is 0 Å². The van der Waals surface area contributed by atoms with Crippen LogP contribution < -0.4 is 27.0 Å². The second-order valence-corrected chi connectivity index (χ2v) is 8.77. The highest BCUT2D eigenvalue weighted by molar-refractivity contribution is 5.95. The number of nitrogens with one attached hydrogen (secondary N) is 4. The molecular formula is C22H35N5O10. The fraction of sp³-hybridized carbons (Fsp3) is 0.682. The van der Waals surface area contributed by atoms with Crippen molar-refractivity contribution < 1.29 is 48.1 Å². The smallest absolute Gasteiger partial charge is 0.306 e. The van der Waals surface area contributed by atoms with Crippen molar-refractivity contribution in [2.75, 3.05) is 0 Å². The van der Waals surface area contributed by atoms with Crippen LogP contribution in [0.5, 0.6) is 0 Å². The number of nitrogens with two attached hydrogens (primary N) is 1. The van der Waals surface area contributed by atoms with Gasteiger partial charge in [-0.25, -0.2) is 0 Å². The highest BCUT2D eigenvalue weighted by Crippen LogP contribution is 2.10. The van der Waals surface area contributed by atoms with E-state index >= 15 is 0 Å². The molecule has 1 aliphatic heterocycles. The van der Waals surface area contributed by atoms with E-state index in [-0.39, 0.29) is 19.3 Å². The first kappa shape index (κ1) is 31.3. The van der Waals surface area contributed by atoms with Gasteiger partial charge in [-0.15, -0.1) is 0 Å². The van der Waals surface area contributed by atoms with E-state index in [1.807, 2.05) is 0 Å². The fourth-order valence-electron chi connectivity index (χ4n) is 3.38. The lowest BCUT2D eigenvalue weighted by Crippen LogP contribution is -2.62. The maximum Gasteiger partial charge on any atom is 0.306 e. The van der Waals surface area contributed by atoms with Gasteiger partial charge in [0.05, 0.1) is 6.10 Å². The second kappa shape index (κ2) is 14.1. The molecule has 7 N–H and O–H groups in total. The van der Waals surface area contributed by atoms with Gasteiger partial charge in [-0.05, 0) is 34.1 Å². The highest BCUT2D eigenvalue weighted by Gasteiger charge is 2.36. The molecule has 15 nitrogen and oxygen atoms in total. The predicted octanol–water partition coefficient (Wildman–Crippen LogP) is -3.12. The molecular weight excluding hydrogens is 494 g/mol. The maximum atomic E-state index is 13.0. The van der Waals surface area contributed by atoms with Gasteiger partial charge in [-0.1, -0.05) is 0 Å². The molecule has 1 heterocycles. The third-order valence-corrected chi connectivity index (χ3v) is 5.40. The van der Waals surface area contributed by atoms with E-state index in [1.54, 1.807) is 0 Å². The number of carbonyl (C=O) groups excluding carboxylic acids is 7. The van der Waals surface area contributed by atoms with Crippen molar-refractivity contribution in [3.8, 4) is 0 Å². The van der Waals surface area contributed by atoms with Crippen LogP contribution in [0.25, 0.3) is 0 Å². The Morgan fingerprint density at radius 1 is 0.973 bits per heavy atom. The molecule has 5 amide bonds. The number of esters is 2. The van der Waals surface area contributed by atoms with Gasteiger partial charge in [0, 0.05) is 19.8 Å². The minimum Gasteiger partial charge on any atom is -0.460 e. The van der Waals surface area contributed by atoms with Crippen LogP contribution in [0.3, 0.4) is 0 Å². The number of carbonyl (C=O) groups is 7. The molecule has 37 heavy (non-hydrogen) atoms. The van der Waals surface area contributed by atoms with Crippen molar-refractivity contribution in [3.63, 3.8) is 0 Å². The Labute approximate surface area is 213 Å². The van der Waals surface area contributed by atoms with Crippen LogP contribution in [-0.2, 0) is 43.0 Å². The Morgan fingerprint density at radius 2 is 1.51 bits per heavy atom. The molecule has 1 aliphatic rings. The standard InChI is InChI=1S/C22H35N5O10/c1-9-20(33)26-17(19(23)32)11(3)36-14(30)7-6-8-15(31)37-12(4)18(22(35)24-9)27-21(34)16(10(2)28)25-13(5)29/h9-12,16-18,28H,6-8H2,1-5H3,(H2,23,32)(H,24,35)(H,25,29)(H,26,33)(H,27,34)/t9-,10?,11?,12?,16-,17-,18-/m0/s1. The van der Waals surface area contributed by atoms with Crippen molar-refractivity contribution in [1.29, 1.82) is 0 Å². The molecule has 3 unspecified atom stereocenters. The number of amides is 5. The SMILES string of the molecule is CC(=O)N[C@H](C(=O)N[C@@H]1C(=O)N[C@@H](C)C(=O)N[C@H](C(N)=O)C(C)OC(=O)CCCC(=O)OC1C)C(C)O. The van der Waals surface area contributed by atoms with Gasteiger partial charge < -0.3 is 41.6 Å². The molecule has 0 aromatic carbocycles. The zero-order chi connectivity index (χ0) is 28.4. The molecule has 208 valence electrons. The van der Waals surface area contributed by atoms with Gasteiger partial charge in [0.25, 0.3) is 0 Å². The van der Waals surface area contributed by atoms with Gasteiger partial charge in [0.15, 0.2) is 0 Å². The molecule has 0 spiro atoms. The molecule has 1 saturated heterocycles. The molecule has 0 aromatic heterocycles. The van der Waals surface area contributed by atoms with Crippen LogP contribution in [0.4, 0.5) is 0 Å². The minimum atomic E-state index is -1.55. The molecule has 0 aromatic rings. The summed E-state index contributed by atoms with van der Waals surface area (Å²) in [6.07, 6.45) is -4.18. The number of hydrogen-bond donors (Lipinski definition) is 6. The van der Waals surface area contributed by atoms with Gasteiger partial charge in [0.2, 0.25) is 29.5 Å². The summed E-state index contributed by atoms with van der Waals surface area (Å²) in [6.45, 7) is 6.30. The number of ether oxygens (including phenoxy) is 2. The lowest BCUT2D eigenvalue weighted by atomic mass is 10.1. The molecule has 15 heteroatoms. The summed E-state index contributed by atoms with van der Waals surface area (Å²) < 4.78 is 10.4. The lowest BCUT2D eigenvalue weighted by Gasteiger charge is -2.29. The third kappa shape index (κ3) is 10.0. The lowest BCUT2D eigenvalue weighted by molar-refractivity contribution is -0.154. The van der Waals surface area contributed by atoms with Crippen molar-refractivity contribution >= 4 is 41.5 Å². The Kier molecular flexibility index (Phi) is 11.9. The number of aliphatic hydroxyl groups is 1. The minimum absolute atomic E-state index is 0.0115. The van der Waals surface area contributed by atoms with Gasteiger partial charge in [-0.3, -0.25) is 33.6 Å². The first-order valence-corrected chi connectivity index (χ1v) is 11.7. The van der Waals surface area contributed by atoms with Gasteiger partial charge in [0.1, 0.15) is 36.4 Å². The Morgan fingerprint density at radius 3 is 2.00 bits per heavy atom. The molecule has 0 radical (unpaired) electrons. The van der Waals surface area contributed by atoms with E-state index < -0.39 is 84.0 Å². The molecule has 7 atom stereocenters. The van der Waals surface area contributed by atoms with Crippen molar-refractivity contribution in [2.24, 2.45) is 5.73 Å². The summed E-state index contributed by atoms with van der Waals surface area (Å²) >= 11 is 0. The van der Waals surface area contributed by atoms with Crippen molar-refractivity contribution in [1.82, 2.24) is 21.3 Å². The third-order valence-electron chi connectivity index (χ3n) is 5.40. The quantitative estimate of drug-likeness (QED) is 0.196. The van der Waals surface area contributed by atoms with E-state index in [0.29, 0.717) is 0 Å². The monoisotopic (exact) mass is 529 g/mol. The first-order valence-electron chi connectivity index (χ1n) is 11.7. The second-order valence-electron chi connectivity index (χ2n) is 8.77. The van der Waals surface area contributed by atoms with Crippen LogP contribution in [0, 0.1) is 0 Å². The van der Waals surface area contributed by atoms with Gasteiger partial charge in [-0.2, -0.15) is 0 Å². The number of cyclic esters (lactones) is 2. The van der Waals surface area contributed by atoms with Crippen LogP contribution in [0.2, 0.25) is 0 Å². The summed E-state index contributed by atoms with van der Waals surface area (Å²) in [7, 11) is 0. The first-order chi connectivity index (χ1) is 17.1. The van der Waals surface area contributed by atoms with E-state index in [0.717, 1.165) is 6.92 Å². The number of primary amides is 1. The number of hydrogen-bond acceptors (Lipinski definition) is 10.